The molecular formula is C21H20F3N3O2. The third-order valence-corrected chi connectivity index (χ3v) is 5.35. The van der Waals surface area contributed by atoms with Crippen LogP contribution < -0.4 is 4.90 Å². The minimum Gasteiger partial charge on any atom is -0.297 e. The molecule has 29 heavy (non-hydrogen) atoms. The average molecular weight is 403 g/mol. The van der Waals surface area contributed by atoms with E-state index in [2.05, 4.69) is 9.80 Å². The van der Waals surface area contributed by atoms with Crippen molar-refractivity contribution in [3.8, 4) is 0 Å². The van der Waals surface area contributed by atoms with Crippen molar-refractivity contribution in [2.45, 2.75) is 12.7 Å². The Morgan fingerprint density at radius 1 is 0.862 bits per heavy atom. The van der Waals surface area contributed by atoms with Crippen LogP contribution >= 0.6 is 0 Å². The third-order valence-electron chi connectivity index (χ3n) is 5.35. The molecule has 2 aliphatic rings. The summed E-state index contributed by atoms with van der Waals surface area (Å²) in [5.41, 5.74) is 1.06. The fraction of sp³-hybridized carbons (Fsp3) is 0.333. The van der Waals surface area contributed by atoms with Crippen LogP contribution in [-0.4, -0.2) is 54.3 Å². The zero-order valence-electron chi connectivity index (χ0n) is 15.7. The Bertz CT molecular complexity index is 937. The summed E-state index contributed by atoms with van der Waals surface area (Å²) >= 11 is 0. The van der Waals surface area contributed by atoms with Crippen LogP contribution in [0.1, 0.15) is 21.5 Å². The van der Waals surface area contributed by atoms with E-state index in [4.69, 9.17) is 0 Å². The minimum absolute atomic E-state index is 0.332. The maximum absolute atomic E-state index is 12.9. The molecule has 152 valence electrons. The molecule has 0 aliphatic carbocycles. The highest BCUT2D eigenvalue weighted by molar-refractivity contribution is 6.52. The third kappa shape index (κ3) is 4.04. The summed E-state index contributed by atoms with van der Waals surface area (Å²) in [5, 5.41) is 0. The quantitative estimate of drug-likeness (QED) is 0.737. The fourth-order valence-corrected chi connectivity index (χ4v) is 3.78. The number of carbonyl (C=O) groups is 2. The van der Waals surface area contributed by atoms with E-state index in [9.17, 15) is 22.8 Å². The van der Waals surface area contributed by atoms with Gasteiger partial charge < -0.3 is 0 Å². The number of anilines is 1. The van der Waals surface area contributed by atoms with Crippen LogP contribution in [0.4, 0.5) is 18.9 Å². The van der Waals surface area contributed by atoms with Crippen molar-refractivity contribution in [3.05, 3.63) is 65.2 Å². The average Bonchev–Trinajstić information content (AvgIpc) is 2.94. The van der Waals surface area contributed by atoms with E-state index < -0.39 is 23.4 Å². The van der Waals surface area contributed by atoms with Gasteiger partial charge in [-0.3, -0.25) is 24.3 Å². The summed E-state index contributed by atoms with van der Waals surface area (Å²) in [5.74, 6) is -0.999. The number of Topliss-reactive ketones (excluding diaryl/α,β-unsaturated/α-hetero) is 1. The second-order valence-electron chi connectivity index (χ2n) is 7.31. The summed E-state index contributed by atoms with van der Waals surface area (Å²) in [6.07, 6.45) is -4.34. The number of piperazine rings is 1. The lowest BCUT2D eigenvalue weighted by atomic mass is 10.1. The highest BCUT2D eigenvalue weighted by Crippen LogP contribution is 2.30. The summed E-state index contributed by atoms with van der Waals surface area (Å²) in [6, 6.07) is 12.4. The lowest BCUT2D eigenvalue weighted by Gasteiger charge is -2.36. The van der Waals surface area contributed by atoms with Crippen molar-refractivity contribution in [2.24, 2.45) is 0 Å². The molecule has 2 heterocycles. The maximum Gasteiger partial charge on any atom is 0.416 e. The van der Waals surface area contributed by atoms with E-state index in [1.54, 1.807) is 30.3 Å². The molecule has 0 aromatic heterocycles. The van der Waals surface area contributed by atoms with Gasteiger partial charge in [0.1, 0.15) is 0 Å². The van der Waals surface area contributed by atoms with Gasteiger partial charge in [0.2, 0.25) is 0 Å². The number of halogens is 3. The van der Waals surface area contributed by atoms with Gasteiger partial charge in [0.25, 0.3) is 5.78 Å². The summed E-state index contributed by atoms with van der Waals surface area (Å²) in [7, 11) is 0. The first-order valence-corrected chi connectivity index (χ1v) is 9.39. The van der Waals surface area contributed by atoms with Gasteiger partial charge in [-0.2, -0.15) is 13.2 Å². The predicted octanol–water partition coefficient (Wildman–Crippen LogP) is 3.01. The molecule has 1 fully saturated rings. The zero-order chi connectivity index (χ0) is 20.6. The van der Waals surface area contributed by atoms with Crippen molar-refractivity contribution in [1.29, 1.82) is 0 Å². The Hall–Kier alpha value is -2.71. The molecule has 0 saturated carbocycles. The summed E-state index contributed by atoms with van der Waals surface area (Å²) in [6.45, 7) is 3.46. The normalized spacial score (nSPS) is 18.4. The van der Waals surface area contributed by atoms with Crippen molar-refractivity contribution in [1.82, 2.24) is 9.80 Å². The van der Waals surface area contributed by atoms with Gasteiger partial charge in [0.15, 0.2) is 0 Å². The first-order valence-electron chi connectivity index (χ1n) is 9.39. The Morgan fingerprint density at radius 3 is 2.28 bits per heavy atom. The molecule has 2 aliphatic heterocycles. The number of amides is 1. The number of fused-ring (bicyclic) bond motifs is 1. The van der Waals surface area contributed by atoms with E-state index in [1.165, 1.54) is 17.0 Å². The Labute approximate surface area is 166 Å². The van der Waals surface area contributed by atoms with Gasteiger partial charge in [0, 0.05) is 32.7 Å². The number of ketones is 1. The molecular weight excluding hydrogens is 383 g/mol. The van der Waals surface area contributed by atoms with Gasteiger partial charge in [0.05, 0.1) is 23.5 Å². The Balaban J connectivity index is 1.35. The van der Waals surface area contributed by atoms with E-state index in [-0.39, 0.29) is 0 Å². The lowest BCUT2D eigenvalue weighted by molar-refractivity contribution is -0.137. The van der Waals surface area contributed by atoms with E-state index in [1.807, 2.05) is 0 Å². The standard InChI is InChI=1S/C21H20F3N3O2/c22-21(23,24)16-5-3-4-15(12-16)13-25-8-10-26(11-9-25)14-27-18-7-2-1-6-17(18)19(28)20(27)29/h1-7,12H,8-11,13-14H2. The highest BCUT2D eigenvalue weighted by Gasteiger charge is 2.36. The number of hydrogen-bond donors (Lipinski definition) is 0. The molecule has 4 rings (SSSR count). The predicted molar refractivity (Wildman–Crippen MR) is 101 cm³/mol. The van der Waals surface area contributed by atoms with Gasteiger partial charge in [-0.25, -0.2) is 0 Å². The number of alkyl halides is 3. The lowest BCUT2D eigenvalue weighted by Crippen LogP contribution is -2.50. The van der Waals surface area contributed by atoms with Crippen LogP contribution in [0, 0.1) is 0 Å². The monoisotopic (exact) mass is 403 g/mol. The molecule has 8 heteroatoms. The maximum atomic E-state index is 12.9. The van der Waals surface area contributed by atoms with Crippen molar-refractivity contribution >= 4 is 17.4 Å². The molecule has 2 aromatic rings. The van der Waals surface area contributed by atoms with E-state index >= 15 is 0 Å². The topological polar surface area (TPSA) is 43.9 Å². The SMILES string of the molecule is O=C1C(=O)N(CN2CCN(Cc3cccc(C(F)(F)F)c3)CC2)c2ccccc21. The van der Waals surface area contributed by atoms with Crippen LogP contribution in [0.25, 0.3) is 0 Å². The number of benzene rings is 2. The van der Waals surface area contributed by atoms with Gasteiger partial charge in [-0.15, -0.1) is 0 Å². The molecule has 2 aromatic carbocycles. The van der Waals surface area contributed by atoms with Gasteiger partial charge >= 0.3 is 12.1 Å². The molecule has 0 spiro atoms. The summed E-state index contributed by atoms with van der Waals surface area (Å²) < 4.78 is 38.6. The summed E-state index contributed by atoms with van der Waals surface area (Å²) in [4.78, 5) is 30.1. The molecule has 0 atom stereocenters. The van der Waals surface area contributed by atoms with E-state index in [0.29, 0.717) is 56.2 Å². The number of carbonyl (C=O) groups excluding carboxylic acids is 2. The number of nitrogens with zero attached hydrogens (tertiary/aromatic N) is 3. The van der Waals surface area contributed by atoms with Gasteiger partial charge in [-0.1, -0.05) is 30.3 Å². The first-order chi connectivity index (χ1) is 13.8. The van der Waals surface area contributed by atoms with Crippen LogP contribution in [0.15, 0.2) is 48.5 Å². The molecule has 1 saturated heterocycles. The second-order valence-corrected chi connectivity index (χ2v) is 7.31. The van der Waals surface area contributed by atoms with Crippen LogP contribution in [0.3, 0.4) is 0 Å². The molecule has 0 radical (unpaired) electrons. The largest absolute Gasteiger partial charge is 0.416 e. The van der Waals surface area contributed by atoms with Crippen molar-refractivity contribution in [2.75, 3.05) is 37.7 Å². The Morgan fingerprint density at radius 2 is 1.55 bits per heavy atom. The smallest absolute Gasteiger partial charge is 0.297 e. The number of para-hydroxylation sites is 1. The van der Waals surface area contributed by atoms with Crippen LogP contribution in [-0.2, 0) is 17.5 Å². The fourth-order valence-electron chi connectivity index (χ4n) is 3.78. The Kier molecular flexibility index (Phi) is 5.14. The molecule has 5 nitrogen and oxygen atoms in total. The van der Waals surface area contributed by atoms with Crippen molar-refractivity contribution < 1.29 is 22.8 Å². The molecule has 0 N–H and O–H groups in total. The number of hydrogen-bond acceptors (Lipinski definition) is 4. The molecule has 0 bridgehead atoms. The number of rotatable bonds is 4. The van der Waals surface area contributed by atoms with Crippen LogP contribution in [0.5, 0.6) is 0 Å². The highest BCUT2D eigenvalue weighted by atomic mass is 19.4. The zero-order valence-corrected chi connectivity index (χ0v) is 15.7. The minimum atomic E-state index is -4.34. The van der Waals surface area contributed by atoms with Gasteiger partial charge in [-0.05, 0) is 23.8 Å². The van der Waals surface area contributed by atoms with Crippen LogP contribution in [0.2, 0.25) is 0 Å². The second kappa shape index (κ2) is 7.61. The molecule has 0 unspecified atom stereocenters. The van der Waals surface area contributed by atoms with E-state index in [0.717, 1.165) is 6.07 Å². The van der Waals surface area contributed by atoms with Crippen molar-refractivity contribution in [3.63, 3.8) is 0 Å². The molecule has 1 amide bonds. The first kappa shape index (κ1) is 19.6.